The van der Waals surface area contributed by atoms with Crippen molar-refractivity contribution in [1.29, 1.82) is 0 Å². The summed E-state index contributed by atoms with van der Waals surface area (Å²) < 4.78 is 5.34. The normalized spacial score (nSPS) is 18.6. The number of nitro benzene ring substituents is 1. The molecule has 1 fully saturated rings. The first-order valence-corrected chi connectivity index (χ1v) is 6.38. The average molecular weight is 279 g/mol. The third kappa shape index (κ3) is 3.12. The lowest BCUT2D eigenvalue weighted by atomic mass is 10.1. The predicted molar refractivity (Wildman–Crippen MR) is 73.8 cm³/mol. The summed E-state index contributed by atoms with van der Waals surface area (Å²) in [4.78, 5) is 22.5. The van der Waals surface area contributed by atoms with E-state index in [1.165, 1.54) is 6.07 Å². The van der Waals surface area contributed by atoms with Gasteiger partial charge in [-0.05, 0) is 25.5 Å². The number of benzene rings is 1. The number of aryl methyl sites for hydroxylation is 2. The predicted octanol–water partition coefficient (Wildman–Crippen LogP) is 1.14. The minimum atomic E-state index is -0.566. The Hall–Kier alpha value is -1.99. The fourth-order valence-electron chi connectivity index (χ4n) is 2.12. The zero-order valence-electron chi connectivity index (χ0n) is 11.4. The lowest BCUT2D eigenvalue weighted by Crippen LogP contribution is -2.45. The number of ether oxygens (including phenoxy) is 1. The molecule has 1 aromatic rings. The topological polar surface area (TPSA) is 93.5 Å². The van der Waals surface area contributed by atoms with Crippen LogP contribution in [-0.4, -0.2) is 36.6 Å². The molecule has 0 saturated carbocycles. The summed E-state index contributed by atoms with van der Waals surface area (Å²) >= 11 is 0. The third-order valence-corrected chi connectivity index (χ3v) is 3.22. The van der Waals surface area contributed by atoms with Gasteiger partial charge < -0.3 is 15.4 Å². The molecule has 1 atom stereocenters. The van der Waals surface area contributed by atoms with Crippen molar-refractivity contribution in [2.45, 2.75) is 20.0 Å². The molecule has 108 valence electrons. The molecule has 1 saturated heterocycles. The molecule has 2 N–H and O–H groups in total. The van der Waals surface area contributed by atoms with E-state index in [1.54, 1.807) is 19.9 Å². The molecular weight excluding hydrogens is 262 g/mol. The number of carbonyl (C=O) groups is 1. The average Bonchev–Trinajstić information content (AvgIpc) is 2.42. The van der Waals surface area contributed by atoms with E-state index in [4.69, 9.17) is 4.74 Å². The number of nitrogens with zero attached hydrogens (tertiary/aromatic N) is 1. The highest BCUT2D eigenvalue weighted by atomic mass is 16.6. The lowest BCUT2D eigenvalue weighted by Gasteiger charge is -2.23. The van der Waals surface area contributed by atoms with Crippen molar-refractivity contribution in [1.82, 2.24) is 5.32 Å². The van der Waals surface area contributed by atoms with Crippen molar-refractivity contribution in [2.75, 3.05) is 25.0 Å². The van der Waals surface area contributed by atoms with E-state index in [0.717, 1.165) is 12.1 Å². The van der Waals surface area contributed by atoms with Crippen LogP contribution in [0.25, 0.3) is 0 Å². The van der Waals surface area contributed by atoms with Crippen LogP contribution < -0.4 is 10.6 Å². The van der Waals surface area contributed by atoms with E-state index in [-0.39, 0.29) is 11.6 Å². The first-order chi connectivity index (χ1) is 9.49. The Morgan fingerprint density at radius 1 is 1.45 bits per heavy atom. The fraction of sp³-hybridized carbons (Fsp3) is 0.462. The van der Waals surface area contributed by atoms with Crippen molar-refractivity contribution in [3.63, 3.8) is 0 Å². The number of nitro groups is 1. The molecular formula is C13H17N3O4. The Kier molecular flexibility index (Phi) is 4.31. The lowest BCUT2D eigenvalue weighted by molar-refractivity contribution is -0.385. The largest absolute Gasteiger partial charge is 0.366 e. The summed E-state index contributed by atoms with van der Waals surface area (Å²) in [5.41, 5.74) is 1.79. The van der Waals surface area contributed by atoms with Crippen LogP contribution >= 0.6 is 0 Å². The maximum absolute atomic E-state index is 12.0. The molecule has 1 unspecified atom stereocenters. The zero-order chi connectivity index (χ0) is 14.7. The monoisotopic (exact) mass is 279 g/mol. The molecule has 7 nitrogen and oxygen atoms in total. The van der Waals surface area contributed by atoms with Gasteiger partial charge in [-0.15, -0.1) is 0 Å². The van der Waals surface area contributed by atoms with Gasteiger partial charge in [-0.2, -0.15) is 0 Å². The fourth-order valence-corrected chi connectivity index (χ4v) is 2.12. The molecule has 0 radical (unpaired) electrons. The first kappa shape index (κ1) is 14.4. The van der Waals surface area contributed by atoms with Crippen LogP contribution in [0.15, 0.2) is 12.1 Å². The molecule has 1 amide bonds. The van der Waals surface area contributed by atoms with Crippen molar-refractivity contribution < 1.29 is 14.5 Å². The number of morpholine rings is 1. The van der Waals surface area contributed by atoms with Gasteiger partial charge in [0.15, 0.2) is 0 Å². The van der Waals surface area contributed by atoms with E-state index in [1.807, 2.05) is 0 Å². The summed E-state index contributed by atoms with van der Waals surface area (Å²) in [5.74, 6) is -0.293. The smallest absolute Gasteiger partial charge is 0.274 e. The van der Waals surface area contributed by atoms with E-state index in [0.29, 0.717) is 24.4 Å². The SMILES string of the molecule is Cc1cc(C)c([N+](=O)[O-])cc1NC(=O)C1CNCCO1. The summed E-state index contributed by atoms with van der Waals surface area (Å²) in [6.45, 7) is 5.11. The van der Waals surface area contributed by atoms with Gasteiger partial charge in [-0.1, -0.05) is 0 Å². The van der Waals surface area contributed by atoms with Gasteiger partial charge in [-0.3, -0.25) is 14.9 Å². The number of hydrogen-bond acceptors (Lipinski definition) is 5. The molecule has 1 aromatic carbocycles. The highest BCUT2D eigenvalue weighted by Gasteiger charge is 2.23. The van der Waals surface area contributed by atoms with Gasteiger partial charge in [0.2, 0.25) is 0 Å². The molecule has 0 bridgehead atoms. The van der Waals surface area contributed by atoms with E-state index < -0.39 is 11.0 Å². The Morgan fingerprint density at radius 2 is 2.20 bits per heavy atom. The summed E-state index contributed by atoms with van der Waals surface area (Å²) in [5, 5.41) is 16.7. The molecule has 1 heterocycles. The number of rotatable bonds is 3. The van der Waals surface area contributed by atoms with E-state index in [9.17, 15) is 14.9 Å². The number of nitrogens with one attached hydrogen (secondary N) is 2. The second-order valence-corrected chi connectivity index (χ2v) is 4.76. The van der Waals surface area contributed by atoms with Gasteiger partial charge >= 0.3 is 0 Å². The van der Waals surface area contributed by atoms with E-state index >= 15 is 0 Å². The maximum Gasteiger partial charge on any atom is 0.274 e. The van der Waals surface area contributed by atoms with E-state index in [2.05, 4.69) is 10.6 Å². The third-order valence-electron chi connectivity index (χ3n) is 3.22. The molecule has 20 heavy (non-hydrogen) atoms. The summed E-state index contributed by atoms with van der Waals surface area (Å²) in [7, 11) is 0. The van der Waals surface area contributed by atoms with Crippen molar-refractivity contribution >= 4 is 17.3 Å². The molecule has 1 aliphatic heterocycles. The van der Waals surface area contributed by atoms with Crippen molar-refractivity contribution in [3.8, 4) is 0 Å². The van der Waals surface area contributed by atoms with Crippen molar-refractivity contribution in [3.05, 3.63) is 33.4 Å². The first-order valence-electron chi connectivity index (χ1n) is 6.38. The van der Waals surface area contributed by atoms with Gasteiger partial charge in [0.25, 0.3) is 11.6 Å². The van der Waals surface area contributed by atoms with Crippen LogP contribution in [-0.2, 0) is 9.53 Å². The van der Waals surface area contributed by atoms with Gasteiger partial charge in [0.1, 0.15) is 6.10 Å². The van der Waals surface area contributed by atoms with Crippen LogP contribution in [0, 0.1) is 24.0 Å². The Labute approximate surface area is 116 Å². The summed E-state index contributed by atoms with van der Waals surface area (Å²) in [6, 6.07) is 3.08. The van der Waals surface area contributed by atoms with Crippen LogP contribution in [0.4, 0.5) is 11.4 Å². The molecule has 0 aromatic heterocycles. The highest BCUT2D eigenvalue weighted by molar-refractivity contribution is 5.95. The second kappa shape index (κ2) is 5.98. The number of carbonyl (C=O) groups excluding carboxylic acids is 1. The van der Waals surface area contributed by atoms with Gasteiger partial charge in [0.05, 0.1) is 17.2 Å². The summed E-state index contributed by atoms with van der Waals surface area (Å²) in [6.07, 6.45) is -0.566. The molecule has 7 heteroatoms. The highest BCUT2D eigenvalue weighted by Crippen LogP contribution is 2.26. The Morgan fingerprint density at radius 3 is 2.80 bits per heavy atom. The molecule has 2 rings (SSSR count). The second-order valence-electron chi connectivity index (χ2n) is 4.76. The number of anilines is 1. The zero-order valence-corrected chi connectivity index (χ0v) is 11.4. The quantitative estimate of drug-likeness (QED) is 0.639. The molecule has 1 aliphatic rings. The Bertz CT molecular complexity index is 539. The van der Waals surface area contributed by atoms with Crippen LogP contribution in [0.1, 0.15) is 11.1 Å². The standard InChI is InChI=1S/C13H17N3O4/c1-8-5-9(2)11(16(18)19)6-10(8)15-13(17)12-7-14-3-4-20-12/h5-6,12,14H,3-4,7H2,1-2H3,(H,15,17). The molecule has 0 aliphatic carbocycles. The molecule has 0 spiro atoms. The van der Waals surface area contributed by atoms with Crippen LogP contribution in [0.5, 0.6) is 0 Å². The maximum atomic E-state index is 12.0. The van der Waals surface area contributed by atoms with Crippen LogP contribution in [0.2, 0.25) is 0 Å². The minimum Gasteiger partial charge on any atom is -0.366 e. The van der Waals surface area contributed by atoms with Gasteiger partial charge in [-0.25, -0.2) is 0 Å². The number of amides is 1. The number of hydrogen-bond donors (Lipinski definition) is 2. The Balaban J connectivity index is 2.18. The minimum absolute atomic E-state index is 0.00594. The van der Waals surface area contributed by atoms with Gasteiger partial charge in [0, 0.05) is 24.7 Å². The van der Waals surface area contributed by atoms with Crippen LogP contribution in [0.3, 0.4) is 0 Å². The van der Waals surface area contributed by atoms with Crippen molar-refractivity contribution in [2.24, 2.45) is 0 Å².